The molecule has 0 saturated heterocycles. The van der Waals surface area contributed by atoms with Crippen LogP contribution in [0, 0.1) is 35.0 Å². The highest BCUT2D eigenvalue weighted by atomic mass is 79.9. The van der Waals surface area contributed by atoms with Crippen molar-refractivity contribution in [3.05, 3.63) is 22.2 Å². The van der Waals surface area contributed by atoms with Crippen molar-refractivity contribution in [3.8, 4) is 23.8 Å². The first-order chi connectivity index (χ1) is 15.8. The zero-order chi connectivity index (χ0) is 25.4. The molecule has 0 heterocycles. The summed E-state index contributed by atoms with van der Waals surface area (Å²) in [6.07, 6.45) is 4.94. The van der Waals surface area contributed by atoms with Crippen LogP contribution in [0.5, 0.6) is 11.5 Å². The first-order valence-corrected chi connectivity index (χ1v) is 12.4. The molecule has 0 radical (unpaired) electrons. The van der Waals surface area contributed by atoms with Gasteiger partial charge in [-0.1, -0.05) is 33.6 Å². The van der Waals surface area contributed by atoms with Gasteiger partial charge in [-0.2, -0.15) is 0 Å². The average molecular weight is 535 g/mol. The number of Topliss-reactive ketones (excluding diaryl/α,β-unsaturated/α-hetero) is 2. The van der Waals surface area contributed by atoms with Crippen LogP contribution in [0.3, 0.4) is 0 Å². The van der Waals surface area contributed by atoms with E-state index >= 15 is 0 Å². The number of halogens is 1. The van der Waals surface area contributed by atoms with Crippen LogP contribution in [0.1, 0.15) is 64.9 Å². The van der Waals surface area contributed by atoms with E-state index in [1.54, 1.807) is 12.1 Å². The van der Waals surface area contributed by atoms with Gasteiger partial charge in [-0.3, -0.25) is 9.59 Å². The highest BCUT2D eigenvalue weighted by Crippen LogP contribution is 2.51. The first kappa shape index (κ1) is 26.7. The number of aliphatic hydroxyl groups is 2. The number of carbonyl (C=O) groups is 2. The molecule has 2 aliphatic carbocycles. The maximum Gasteiger partial charge on any atom is 0.176 e. The molecule has 0 unspecified atom stereocenters. The van der Waals surface area contributed by atoms with Crippen LogP contribution in [0.15, 0.2) is 16.6 Å². The van der Waals surface area contributed by atoms with E-state index in [0.29, 0.717) is 47.2 Å². The topological polar surface area (TPSA) is 93.1 Å². The van der Waals surface area contributed by atoms with Gasteiger partial charge in [0.05, 0.1) is 35.6 Å². The molecule has 6 nitrogen and oxygen atoms in total. The van der Waals surface area contributed by atoms with Crippen LogP contribution in [0.25, 0.3) is 0 Å². The Balaban J connectivity index is 2.15. The predicted octanol–water partition coefficient (Wildman–Crippen LogP) is 4.29. The molecule has 1 aromatic carbocycles. The largest absolute Gasteiger partial charge is 0.493 e. The molecule has 7 heteroatoms. The Morgan fingerprint density at radius 3 is 1.97 bits per heavy atom. The van der Waals surface area contributed by atoms with Crippen molar-refractivity contribution < 1.29 is 29.3 Å². The van der Waals surface area contributed by atoms with E-state index in [2.05, 4.69) is 21.9 Å². The number of methoxy groups -OCH3 is 1. The number of carbonyl (C=O) groups excluding carboxylic acids is 2. The summed E-state index contributed by atoms with van der Waals surface area (Å²) in [6, 6.07) is 3.50. The van der Waals surface area contributed by atoms with Gasteiger partial charge in [0.2, 0.25) is 0 Å². The van der Waals surface area contributed by atoms with Gasteiger partial charge in [0.25, 0.3) is 0 Å². The van der Waals surface area contributed by atoms with Crippen LogP contribution in [0.2, 0.25) is 0 Å². The van der Waals surface area contributed by atoms with E-state index in [1.807, 2.05) is 27.7 Å². The lowest BCUT2D eigenvalue weighted by atomic mass is 9.58. The van der Waals surface area contributed by atoms with Crippen LogP contribution in [-0.2, 0) is 9.59 Å². The smallest absolute Gasteiger partial charge is 0.176 e. The molecule has 2 fully saturated rings. The predicted molar refractivity (Wildman–Crippen MR) is 133 cm³/mol. The van der Waals surface area contributed by atoms with Gasteiger partial charge >= 0.3 is 0 Å². The lowest BCUT2D eigenvalue weighted by Gasteiger charge is -2.46. The fourth-order valence-electron chi connectivity index (χ4n) is 5.84. The lowest BCUT2D eigenvalue weighted by molar-refractivity contribution is -0.144. The summed E-state index contributed by atoms with van der Waals surface area (Å²) in [4.78, 5) is 26.8. The summed E-state index contributed by atoms with van der Waals surface area (Å²) in [6.45, 7) is 7.88. The van der Waals surface area contributed by atoms with E-state index in [-0.39, 0.29) is 29.0 Å². The van der Waals surface area contributed by atoms with Gasteiger partial charge in [0, 0.05) is 18.8 Å². The second-order valence-corrected chi connectivity index (χ2v) is 12.1. The summed E-state index contributed by atoms with van der Waals surface area (Å²) in [5, 5.41) is 22.4. The second kappa shape index (κ2) is 10.0. The summed E-state index contributed by atoms with van der Waals surface area (Å²) in [7, 11) is 1.50. The molecule has 0 spiro atoms. The van der Waals surface area contributed by atoms with Crippen LogP contribution in [-0.4, -0.2) is 47.7 Å². The van der Waals surface area contributed by atoms with Crippen molar-refractivity contribution in [3.63, 3.8) is 0 Å². The monoisotopic (exact) mass is 534 g/mol. The highest BCUT2D eigenvalue weighted by molar-refractivity contribution is 9.10. The van der Waals surface area contributed by atoms with Crippen molar-refractivity contribution in [2.45, 2.75) is 71.5 Å². The number of rotatable bonds is 6. The molecule has 1 aromatic rings. The summed E-state index contributed by atoms with van der Waals surface area (Å²) >= 11 is 3.51. The van der Waals surface area contributed by atoms with E-state index in [9.17, 15) is 19.8 Å². The van der Waals surface area contributed by atoms with Crippen LogP contribution >= 0.6 is 15.9 Å². The number of ether oxygens (including phenoxy) is 2. The highest BCUT2D eigenvalue weighted by Gasteiger charge is 2.52. The van der Waals surface area contributed by atoms with Gasteiger partial charge in [0.1, 0.15) is 18.2 Å². The average Bonchev–Trinajstić information content (AvgIpc) is 2.68. The molecule has 186 valence electrons. The molecule has 2 N–H and O–H groups in total. The molecule has 0 bridgehead atoms. The second-order valence-electron chi connectivity index (χ2n) is 11.3. The van der Waals surface area contributed by atoms with Crippen LogP contribution < -0.4 is 9.47 Å². The maximum absolute atomic E-state index is 13.4. The van der Waals surface area contributed by atoms with E-state index < -0.39 is 30.0 Å². The molecule has 2 aliphatic rings. The van der Waals surface area contributed by atoms with Crippen molar-refractivity contribution >= 4 is 27.5 Å². The molecule has 0 aliphatic heterocycles. The molecule has 2 saturated carbocycles. The van der Waals surface area contributed by atoms with E-state index in [0.717, 1.165) is 0 Å². The summed E-state index contributed by atoms with van der Waals surface area (Å²) in [5.41, 5.74) is -0.0363. The number of benzene rings is 1. The van der Waals surface area contributed by atoms with E-state index in [4.69, 9.17) is 15.9 Å². The zero-order valence-electron chi connectivity index (χ0n) is 20.6. The minimum atomic E-state index is -0.932. The normalized spacial score (nSPS) is 28.5. The third-order valence-electron chi connectivity index (χ3n) is 7.11. The van der Waals surface area contributed by atoms with Gasteiger partial charge in [-0.05, 0) is 57.3 Å². The molecule has 34 heavy (non-hydrogen) atoms. The fourth-order valence-corrected chi connectivity index (χ4v) is 6.42. The molecule has 4 atom stereocenters. The minimum Gasteiger partial charge on any atom is -0.493 e. The minimum absolute atomic E-state index is 0.0432. The SMILES string of the molecule is C#CCOc1c(Br)cc(C([C@@H]2C(=O)CC(C)(C)C[C@@H]2O)[C@@H]2C(=O)CC(C)(C)C[C@@H]2O)cc1OC. The lowest BCUT2D eigenvalue weighted by Crippen LogP contribution is -2.51. The number of hydrogen-bond acceptors (Lipinski definition) is 6. The van der Waals surface area contributed by atoms with Gasteiger partial charge in [-0.25, -0.2) is 0 Å². The summed E-state index contributed by atoms with van der Waals surface area (Å²) < 4.78 is 11.7. The quantitative estimate of drug-likeness (QED) is 0.529. The molecular formula is C27H35BrO6. The maximum atomic E-state index is 13.4. The first-order valence-electron chi connectivity index (χ1n) is 11.7. The van der Waals surface area contributed by atoms with Crippen molar-refractivity contribution in [2.24, 2.45) is 22.7 Å². The van der Waals surface area contributed by atoms with E-state index in [1.165, 1.54) is 7.11 Å². The Morgan fingerprint density at radius 2 is 1.56 bits per heavy atom. The number of aliphatic hydroxyl groups excluding tert-OH is 2. The third kappa shape index (κ3) is 5.50. The number of terminal acetylenes is 1. The molecule has 3 rings (SSSR count). The third-order valence-corrected chi connectivity index (χ3v) is 7.70. The molecule has 0 amide bonds. The zero-order valence-corrected chi connectivity index (χ0v) is 22.1. The summed E-state index contributed by atoms with van der Waals surface area (Å²) in [5.74, 6) is 0.700. The Labute approximate surface area is 210 Å². The van der Waals surface area contributed by atoms with Crippen LogP contribution in [0.4, 0.5) is 0 Å². The van der Waals surface area contributed by atoms with Gasteiger partial charge in [-0.15, -0.1) is 6.42 Å². The molecule has 0 aromatic heterocycles. The Hall–Kier alpha value is -1.88. The number of ketones is 2. The van der Waals surface area contributed by atoms with Crippen molar-refractivity contribution in [1.29, 1.82) is 0 Å². The Morgan fingerprint density at radius 1 is 1.06 bits per heavy atom. The van der Waals surface area contributed by atoms with Crippen molar-refractivity contribution in [2.75, 3.05) is 13.7 Å². The molecular weight excluding hydrogens is 500 g/mol. The fraction of sp³-hybridized carbons (Fsp3) is 0.630. The Kier molecular flexibility index (Phi) is 7.86. The Bertz CT molecular complexity index is 950. The standard InChI is InChI=1S/C27H35BrO6/c1-7-8-34-25-16(28)9-15(10-21(25)33-6)22(23-17(29)11-26(2,3)12-18(23)30)24-19(31)13-27(4,5)14-20(24)32/h1,9-10,17,19,22-24,29,31H,8,11-14H2,2-6H3/t17-,19-,23-,24-/m0/s1. The van der Waals surface area contributed by atoms with Crippen molar-refractivity contribution in [1.82, 2.24) is 0 Å². The van der Waals surface area contributed by atoms with Gasteiger partial charge < -0.3 is 19.7 Å². The number of hydrogen-bond donors (Lipinski definition) is 2. The van der Waals surface area contributed by atoms with Gasteiger partial charge in [0.15, 0.2) is 11.5 Å².